The Morgan fingerprint density at radius 3 is 2.62 bits per heavy atom. The molecule has 7 N–H and O–H groups in total. The fourth-order valence-electron chi connectivity index (χ4n) is 1.44. The molecular weight excluding hydrogens is 336 g/mol. The van der Waals surface area contributed by atoms with Crippen LogP contribution >= 0.6 is 11.6 Å². The molecule has 0 bridgehead atoms. The van der Waals surface area contributed by atoms with E-state index in [4.69, 9.17) is 28.3 Å². The molecule has 0 fully saturated rings. The molecule has 1 aromatic heterocycles. The highest BCUT2D eigenvalue weighted by Gasteiger charge is 2.10. The van der Waals surface area contributed by atoms with Crippen molar-refractivity contribution in [2.24, 2.45) is 11.6 Å². The minimum absolute atomic E-state index is 0.0389. The number of anilines is 1. The average Bonchev–Trinajstić information content (AvgIpc) is 2.55. The minimum Gasteiger partial charge on any atom is -0.477 e. The van der Waals surface area contributed by atoms with Gasteiger partial charge in [0.15, 0.2) is 5.15 Å². The maximum absolute atomic E-state index is 11.7. The molecule has 0 aliphatic heterocycles. The van der Waals surface area contributed by atoms with Crippen molar-refractivity contribution in [1.29, 1.82) is 0 Å². The molecule has 0 saturated heterocycles. The molecule has 1 rings (SSSR count). The first-order chi connectivity index (χ1) is 11.4. The van der Waals surface area contributed by atoms with Gasteiger partial charge in [-0.15, -0.1) is 0 Å². The number of hydrazine groups is 1. The predicted molar refractivity (Wildman–Crippen MR) is 93.3 cm³/mol. The van der Waals surface area contributed by atoms with E-state index in [1.807, 2.05) is 13.8 Å². The Morgan fingerprint density at radius 2 is 2.08 bits per heavy atom. The van der Waals surface area contributed by atoms with Crippen LogP contribution in [0.25, 0.3) is 0 Å². The number of carboxylic acids is 1. The summed E-state index contributed by atoms with van der Waals surface area (Å²) >= 11 is 5.80. The molecule has 0 aliphatic rings. The van der Waals surface area contributed by atoms with E-state index in [1.165, 1.54) is 29.5 Å². The third-order valence-corrected chi connectivity index (χ3v) is 2.74. The third kappa shape index (κ3) is 8.32. The molecule has 0 atom stereocenters. The molecule has 24 heavy (non-hydrogen) atoms. The molecule has 1 aromatic rings. The van der Waals surface area contributed by atoms with Crippen molar-refractivity contribution in [1.82, 2.24) is 15.3 Å². The van der Waals surface area contributed by atoms with Crippen molar-refractivity contribution in [3.63, 3.8) is 0 Å². The molecule has 10 heteroatoms. The lowest BCUT2D eigenvalue weighted by Crippen LogP contribution is -2.36. The molecular formula is C14H23ClN6O3. The van der Waals surface area contributed by atoms with E-state index >= 15 is 0 Å². The number of nitrogens with one attached hydrogen (secondary N) is 2. The zero-order valence-electron chi connectivity index (χ0n) is 13.6. The molecule has 0 unspecified atom stereocenters. The summed E-state index contributed by atoms with van der Waals surface area (Å²) in [4.78, 5) is 26.1. The number of carbonyl (C=O) groups excluding carboxylic acids is 1. The molecule has 134 valence electrons. The van der Waals surface area contributed by atoms with E-state index in [0.717, 1.165) is 0 Å². The molecule has 0 saturated carbocycles. The second-order valence-corrected chi connectivity index (χ2v) is 4.50. The molecule has 9 nitrogen and oxygen atoms in total. The van der Waals surface area contributed by atoms with Gasteiger partial charge in [-0.1, -0.05) is 25.4 Å². The van der Waals surface area contributed by atoms with Gasteiger partial charge in [-0.05, 0) is 12.1 Å². The van der Waals surface area contributed by atoms with Gasteiger partial charge in [0.2, 0.25) is 5.91 Å². The maximum Gasteiger partial charge on any atom is 0.354 e. The highest BCUT2D eigenvalue weighted by Crippen LogP contribution is 2.19. The van der Waals surface area contributed by atoms with Crippen LogP contribution in [0, 0.1) is 0 Å². The number of carboxylic acid groups (broad SMARTS) is 1. The van der Waals surface area contributed by atoms with Crippen LogP contribution in [0.5, 0.6) is 0 Å². The Hall–Kier alpha value is -2.36. The van der Waals surface area contributed by atoms with E-state index in [1.54, 1.807) is 0 Å². The summed E-state index contributed by atoms with van der Waals surface area (Å²) in [7, 11) is 0. The van der Waals surface area contributed by atoms with Gasteiger partial charge in [0.25, 0.3) is 0 Å². The highest BCUT2D eigenvalue weighted by molar-refractivity contribution is 6.32. The van der Waals surface area contributed by atoms with Crippen LogP contribution in [0.2, 0.25) is 5.15 Å². The van der Waals surface area contributed by atoms with E-state index in [2.05, 4.69) is 15.6 Å². The summed E-state index contributed by atoms with van der Waals surface area (Å²) in [5, 5.41) is 15.4. The highest BCUT2D eigenvalue weighted by atomic mass is 35.5. The van der Waals surface area contributed by atoms with Crippen LogP contribution in [0.15, 0.2) is 24.5 Å². The summed E-state index contributed by atoms with van der Waals surface area (Å²) in [5.41, 5.74) is 5.21. The summed E-state index contributed by atoms with van der Waals surface area (Å²) in [5.74, 6) is 4.00. The van der Waals surface area contributed by atoms with Crippen molar-refractivity contribution < 1.29 is 14.7 Å². The van der Waals surface area contributed by atoms with Crippen LogP contribution in [0.4, 0.5) is 5.69 Å². The Morgan fingerprint density at radius 1 is 1.42 bits per heavy atom. The van der Waals surface area contributed by atoms with Gasteiger partial charge in [0, 0.05) is 25.5 Å². The number of nitrogens with two attached hydrogens (primary N) is 2. The van der Waals surface area contributed by atoms with Crippen LogP contribution in [0.1, 0.15) is 24.3 Å². The van der Waals surface area contributed by atoms with Crippen molar-refractivity contribution in [3.8, 4) is 0 Å². The smallest absolute Gasteiger partial charge is 0.354 e. The molecule has 0 aliphatic carbocycles. The molecule has 1 amide bonds. The fraction of sp³-hybridized carbons (Fsp3) is 0.357. The van der Waals surface area contributed by atoms with Gasteiger partial charge in [-0.3, -0.25) is 4.79 Å². The van der Waals surface area contributed by atoms with Gasteiger partial charge in [0.05, 0.1) is 12.2 Å². The van der Waals surface area contributed by atoms with Crippen molar-refractivity contribution in [3.05, 3.63) is 35.4 Å². The summed E-state index contributed by atoms with van der Waals surface area (Å²) in [6, 6.07) is 2.63. The lowest BCUT2D eigenvalue weighted by Gasteiger charge is -2.13. The standard InChI is InChI=1S/C12H17ClN6O3.C2H6/c13-11-8(1-2-9(18-11)12(21)22)17-10(20)7-16-4-6-19(15)5-3-14;1-2/h1-3,5,16H,4,6-7,14-15H2,(H,17,20)(H,21,22);1-2H3/b5-3-;. The number of nitrogens with zero attached hydrogens (tertiary/aromatic N) is 2. The first-order valence-electron chi connectivity index (χ1n) is 7.24. The Bertz CT molecular complexity index is 567. The lowest BCUT2D eigenvalue weighted by atomic mass is 10.3. The van der Waals surface area contributed by atoms with Crippen molar-refractivity contribution >= 4 is 29.2 Å². The normalized spacial score (nSPS) is 10.0. The monoisotopic (exact) mass is 358 g/mol. The molecule has 0 radical (unpaired) electrons. The minimum atomic E-state index is -1.20. The van der Waals surface area contributed by atoms with E-state index in [9.17, 15) is 9.59 Å². The van der Waals surface area contributed by atoms with Crippen LogP contribution in [0.3, 0.4) is 0 Å². The lowest BCUT2D eigenvalue weighted by molar-refractivity contribution is -0.115. The quantitative estimate of drug-likeness (QED) is 0.196. The molecule has 0 spiro atoms. The number of hydrogen-bond donors (Lipinski definition) is 5. The number of amides is 1. The Kier molecular flexibility index (Phi) is 10.9. The van der Waals surface area contributed by atoms with E-state index in [-0.39, 0.29) is 29.0 Å². The molecule has 1 heterocycles. The number of pyridine rings is 1. The largest absolute Gasteiger partial charge is 0.477 e. The molecule has 0 aromatic carbocycles. The Balaban J connectivity index is 0.00000254. The SMILES string of the molecule is CC.N/C=C\N(N)CCNCC(=O)Nc1ccc(C(=O)O)nc1Cl. The van der Waals surface area contributed by atoms with Gasteiger partial charge >= 0.3 is 5.97 Å². The zero-order chi connectivity index (χ0) is 18.5. The number of aromatic carboxylic acids is 1. The summed E-state index contributed by atoms with van der Waals surface area (Å²) < 4.78 is 0. The third-order valence-electron chi connectivity index (χ3n) is 2.45. The first kappa shape index (κ1) is 21.6. The van der Waals surface area contributed by atoms with Crippen LogP contribution in [-0.2, 0) is 4.79 Å². The first-order valence-corrected chi connectivity index (χ1v) is 7.62. The van der Waals surface area contributed by atoms with E-state index < -0.39 is 5.97 Å². The average molecular weight is 359 g/mol. The zero-order valence-corrected chi connectivity index (χ0v) is 14.4. The van der Waals surface area contributed by atoms with Crippen LogP contribution in [-0.4, -0.2) is 46.6 Å². The Labute approximate surface area is 145 Å². The predicted octanol–water partition coefficient (Wildman–Crippen LogP) is 0.593. The summed E-state index contributed by atoms with van der Waals surface area (Å²) in [6.45, 7) is 4.98. The topological polar surface area (TPSA) is 147 Å². The van der Waals surface area contributed by atoms with Crippen molar-refractivity contribution in [2.45, 2.75) is 13.8 Å². The number of carbonyl (C=O) groups is 2. The second kappa shape index (κ2) is 12.1. The maximum atomic E-state index is 11.7. The number of halogens is 1. The fourth-order valence-corrected chi connectivity index (χ4v) is 1.64. The van der Waals surface area contributed by atoms with Gasteiger partial charge in [0.1, 0.15) is 5.69 Å². The van der Waals surface area contributed by atoms with Crippen LogP contribution < -0.4 is 22.2 Å². The van der Waals surface area contributed by atoms with Crippen molar-refractivity contribution in [2.75, 3.05) is 25.0 Å². The van der Waals surface area contributed by atoms with Gasteiger partial charge < -0.3 is 26.5 Å². The second-order valence-electron chi connectivity index (χ2n) is 4.14. The number of rotatable bonds is 8. The number of aromatic nitrogens is 1. The summed E-state index contributed by atoms with van der Waals surface area (Å²) in [6.07, 6.45) is 2.81. The van der Waals surface area contributed by atoms with Gasteiger partial charge in [-0.25, -0.2) is 15.6 Å². The van der Waals surface area contributed by atoms with E-state index in [0.29, 0.717) is 13.1 Å². The van der Waals surface area contributed by atoms with Gasteiger partial charge in [-0.2, -0.15) is 0 Å². The number of hydrogen-bond acceptors (Lipinski definition) is 7.